The Bertz CT molecular complexity index is 702. The zero-order chi connectivity index (χ0) is 18.8. The van der Waals surface area contributed by atoms with Crippen molar-refractivity contribution < 1.29 is 9.59 Å². The predicted molar refractivity (Wildman–Crippen MR) is 110 cm³/mol. The quantitative estimate of drug-likeness (QED) is 0.255. The van der Waals surface area contributed by atoms with E-state index in [4.69, 9.17) is 0 Å². The van der Waals surface area contributed by atoms with Gasteiger partial charge in [0.25, 0.3) is 0 Å². The van der Waals surface area contributed by atoms with Crippen molar-refractivity contribution in [3.8, 4) is 0 Å². The highest BCUT2D eigenvalue weighted by molar-refractivity contribution is 7.99. The second-order valence-corrected chi connectivity index (χ2v) is 7.77. The van der Waals surface area contributed by atoms with Crippen LogP contribution in [0.1, 0.15) is 78.7 Å². The third kappa shape index (κ3) is 6.45. The fourth-order valence-electron chi connectivity index (χ4n) is 2.80. The highest BCUT2D eigenvalue weighted by Gasteiger charge is 2.09. The molecule has 2 rings (SSSR count). The summed E-state index contributed by atoms with van der Waals surface area (Å²) in [5, 5.41) is 0. The van der Waals surface area contributed by atoms with E-state index >= 15 is 0 Å². The Morgan fingerprint density at radius 1 is 0.731 bits per heavy atom. The molecule has 0 aromatic heterocycles. The van der Waals surface area contributed by atoms with Gasteiger partial charge in [0.15, 0.2) is 11.6 Å². The number of thioether (sulfide) groups is 1. The van der Waals surface area contributed by atoms with Crippen LogP contribution in [-0.2, 0) is 0 Å². The maximum atomic E-state index is 12.5. The minimum absolute atomic E-state index is 0.00687. The highest BCUT2D eigenvalue weighted by atomic mass is 32.2. The van der Waals surface area contributed by atoms with Crippen molar-refractivity contribution in [2.75, 3.05) is 5.75 Å². The average molecular weight is 369 g/mol. The maximum absolute atomic E-state index is 12.5. The fraction of sp³-hybridized carbons (Fsp3) is 0.391. The summed E-state index contributed by atoms with van der Waals surface area (Å²) in [4.78, 5) is 25.1. The molecule has 0 unspecified atom stereocenters. The molecule has 0 N–H and O–H groups in total. The van der Waals surface area contributed by atoms with Gasteiger partial charge in [0.2, 0.25) is 0 Å². The number of hydrogen-bond acceptors (Lipinski definition) is 3. The predicted octanol–water partition coefficient (Wildman–Crippen LogP) is 6.57. The zero-order valence-corrected chi connectivity index (χ0v) is 16.6. The minimum Gasteiger partial charge on any atom is -0.295 e. The van der Waals surface area contributed by atoms with E-state index in [2.05, 4.69) is 6.92 Å². The summed E-state index contributed by atoms with van der Waals surface area (Å²) in [6.45, 7) is 3.77. The molecule has 0 aliphatic carbocycles. The Hall–Kier alpha value is -1.87. The summed E-state index contributed by atoms with van der Waals surface area (Å²) in [7, 11) is 0. The molecule has 0 saturated heterocycles. The van der Waals surface area contributed by atoms with Gasteiger partial charge in [-0.1, -0.05) is 63.3 Å². The Balaban J connectivity index is 1.82. The summed E-state index contributed by atoms with van der Waals surface area (Å²) in [5.41, 5.74) is 1.93. The van der Waals surface area contributed by atoms with Gasteiger partial charge in [-0.05, 0) is 43.4 Å². The van der Waals surface area contributed by atoms with Crippen LogP contribution in [0.4, 0.5) is 0 Å². The number of carbonyl (C=O) groups is 2. The van der Waals surface area contributed by atoms with Gasteiger partial charge in [-0.25, -0.2) is 0 Å². The number of Topliss-reactive ketones (excluding diaryl/α,β-unsaturated/α-hetero) is 1. The van der Waals surface area contributed by atoms with Crippen molar-refractivity contribution >= 4 is 23.3 Å². The van der Waals surface area contributed by atoms with Gasteiger partial charge in [-0.2, -0.15) is 0 Å². The SMILES string of the molecule is CCCCCCCCSc1ccc(C(=O)c2ccc(C(C)=O)cc2)cc1. The topological polar surface area (TPSA) is 34.1 Å². The molecular formula is C23H28O2S. The first-order valence-electron chi connectivity index (χ1n) is 9.50. The first-order valence-corrected chi connectivity index (χ1v) is 10.5. The molecule has 2 aromatic rings. The van der Waals surface area contributed by atoms with Gasteiger partial charge in [-0.15, -0.1) is 11.8 Å². The monoisotopic (exact) mass is 368 g/mol. The van der Waals surface area contributed by atoms with E-state index in [-0.39, 0.29) is 11.6 Å². The van der Waals surface area contributed by atoms with Gasteiger partial charge in [0.1, 0.15) is 0 Å². The van der Waals surface area contributed by atoms with Crippen molar-refractivity contribution in [2.24, 2.45) is 0 Å². The number of unbranched alkanes of at least 4 members (excludes halogenated alkanes) is 5. The molecule has 0 amide bonds. The number of hydrogen-bond donors (Lipinski definition) is 0. The van der Waals surface area contributed by atoms with Crippen LogP contribution in [0.15, 0.2) is 53.4 Å². The zero-order valence-electron chi connectivity index (χ0n) is 15.8. The number of ketones is 2. The molecule has 3 heteroatoms. The third-order valence-electron chi connectivity index (χ3n) is 4.44. The fourth-order valence-corrected chi connectivity index (χ4v) is 3.71. The molecule has 0 fully saturated rings. The van der Waals surface area contributed by atoms with Crippen molar-refractivity contribution in [1.82, 2.24) is 0 Å². The van der Waals surface area contributed by atoms with Crippen LogP contribution in [0.3, 0.4) is 0 Å². The minimum atomic E-state index is -0.00687. The van der Waals surface area contributed by atoms with Gasteiger partial charge >= 0.3 is 0 Å². The normalized spacial score (nSPS) is 10.7. The molecule has 0 aliphatic heterocycles. The summed E-state index contributed by atoms with van der Waals surface area (Å²) in [6, 6.07) is 14.7. The van der Waals surface area contributed by atoms with Gasteiger partial charge < -0.3 is 0 Å². The molecule has 2 aromatic carbocycles. The summed E-state index contributed by atoms with van der Waals surface area (Å²) >= 11 is 1.86. The molecular weight excluding hydrogens is 340 g/mol. The number of rotatable bonds is 11. The largest absolute Gasteiger partial charge is 0.295 e. The molecule has 26 heavy (non-hydrogen) atoms. The molecule has 2 nitrogen and oxygen atoms in total. The van der Waals surface area contributed by atoms with Crippen LogP contribution in [0.2, 0.25) is 0 Å². The smallest absolute Gasteiger partial charge is 0.193 e. The van der Waals surface area contributed by atoms with E-state index < -0.39 is 0 Å². The molecule has 0 saturated carbocycles. The second-order valence-electron chi connectivity index (χ2n) is 6.60. The Morgan fingerprint density at radius 2 is 1.23 bits per heavy atom. The van der Waals surface area contributed by atoms with E-state index in [0.717, 1.165) is 5.75 Å². The van der Waals surface area contributed by atoms with Crippen LogP contribution in [0.5, 0.6) is 0 Å². The van der Waals surface area contributed by atoms with E-state index in [0.29, 0.717) is 16.7 Å². The maximum Gasteiger partial charge on any atom is 0.193 e. The highest BCUT2D eigenvalue weighted by Crippen LogP contribution is 2.21. The lowest BCUT2D eigenvalue weighted by molar-refractivity contribution is 0.101. The Kier molecular flexibility index (Phi) is 8.63. The van der Waals surface area contributed by atoms with Crippen LogP contribution in [0.25, 0.3) is 0 Å². The second kappa shape index (κ2) is 11.0. The van der Waals surface area contributed by atoms with Gasteiger partial charge in [0.05, 0.1) is 0 Å². The van der Waals surface area contributed by atoms with Crippen molar-refractivity contribution in [3.05, 3.63) is 65.2 Å². The van der Waals surface area contributed by atoms with Crippen molar-refractivity contribution in [1.29, 1.82) is 0 Å². The lowest BCUT2D eigenvalue weighted by atomic mass is 10.0. The lowest BCUT2D eigenvalue weighted by Crippen LogP contribution is -2.02. The molecule has 0 heterocycles. The molecule has 138 valence electrons. The molecule has 0 bridgehead atoms. The Labute approximate surface area is 161 Å². The van der Waals surface area contributed by atoms with E-state index in [1.54, 1.807) is 24.3 Å². The van der Waals surface area contributed by atoms with Crippen molar-refractivity contribution in [3.63, 3.8) is 0 Å². The van der Waals surface area contributed by atoms with Gasteiger partial charge in [0, 0.05) is 21.6 Å². The average Bonchev–Trinajstić information content (AvgIpc) is 2.67. The van der Waals surface area contributed by atoms with Crippen LogP contribution in [-0.4, -0.2) is 17.3 Å². The number of benzene rings is 2. The lowest BCUT2D eigenvalue weighted by Gasteiger charge is -2.05. The van der Waals surface area contributed by atoms with Gasteiger partial charge in [-0.3, -0.25) is 9.59 Å². The molecule has 0 atom stereocenters. The van der Waals surface area contributed by atoms with Crippen molar-refractivity contribution in [2.45, 2.75) is 57.3 Å². The van der Waals surface area contributed by atoms with Crippen LogP contribution in [0, 0.1) is 0 Å². The standard InChI is InChI=1S/C23H28O2S/c1-3-4-5-6-7-8-17-26-22-15-13-21(14-16-22)23(25)20-11-9-19(10-12-20)18(2)24/h9-16H,3-8,17H2,1-2H3. The van der Waals surface area contributed by atoms with Crippen LogP contribution < -0.4 is 0 Å². The summed E-state index contributed by atoms with van der Waals surface area (Å²) < 4.78 is 0. The first kappa shape index (κ1) is 20.4. The molecule has 0 aliphatic rings. The van der Waals surface area contributed by atoms with E-state index in [9.17, 15) is 9.59 Å². The summed E-state index contributed by atoms with van der Waals surface area (Å²) in [5.74, 6) is 1.13. The Morgan fingerprint density at radius 3 is 1.81 bits per heavy atom. The summed E-state index contributed by atoms with van der Waals surface area (Å²) in [6.07, 6.45) is 7.88. The van der Waals surface area contributed by atoms with E-state index in [1.165, 1.54) is 50.3 Å². The number of carbonyl (C=O) groups excluding carboxylic acids is 2. The van der Waals surface area contributed by atoms with Crippen LogP contribution >= 0.6 is 11.8 Å². The molecule has 0 radical (unpaired) electrons. The third-order valence-corrected chi connectivity index (χ3v) is 5.54. The first-order chi connectivity index (χ1) is 12.6. The van der Waals surface area contributed by atoms with E-state index in [1.807, 2.05) is 36.0 Å². The molecule has 0 spiro atoms.